The van der Waals surface area contributed by atoms with Gasteiger partial charge in [0.1, 0.15) is 0 Å². The SMILES string of the molecule is CCCCOc1ccc(-c2cc(C(=O)[O-])c3cc(C)ccc3n2)cc1OCC. The summed E-state index contributed by atoms with van der Waals surface area (Å²) >= 11 is 0. The third-order valence-electron chi connectivity index (χ3n) is 4.48. The summed E-state index contributed by atoms with van der Waals surface area (Å²) in [5.41, 5.74) is 3.03. The summed E-state index contributed by atoms with van der Waals surface area (Å²) in [6.45, 7) is 7.06. The lowest BCUT2D eigenvalue weighted by Crippen LogP contribution is -2.22. The fourth-order valence-electron chi connectivity index (χ4n) is 3.04. The first-order valence-electron chi connectivity index (χ1n) is 9.56. The van der Waals surface area contributed by atoms with E-state index in [2.05, 4.69) is 11.9 Å². The van der Waals surface area contributed by atoms with Crippen molar-refractivity contribution in [3.63, 3.8) is 0 Å². The van der Waals surface area contributed by atoms with Gasteiger partial charge in [0.2, 0.25) is 0 Å². The van der Waals surface area contributed by atoms with Crippen LogP contribution in [0.4, 0.5) is 0 Å². The molecule has 0 fully saturated rings. The van der Waals surface area contributed by atoms with Crippen molar-refractivity contribution >= 4 is 16.9 Å². The second-order valence-corrected chi connectivity index (χ2v) is 6.66. The quantitative estimate of drug-likeness (QED) is 0.551. The highest BCUT2D eigenvalue weighted by atomic mass is 16.5. The number of pyridine rings is 1. The Kier molecular flexibility index (Phi) is 6.14. The van der Waals surface area contributed by atoms with Crippen LogP contribution in [0.1, 0.15) is 42.6 Å². The van der Waals surface area contributed by atoms with Crippen LogP contribution in [0.15, 0.2) is 42.5 Å². The number of aromatic nitrogens is 1. The Morgan fingerprint density at radius 2 is 1.86 bits per heavy atom. The number of carboxylic acid groups (broad SMARTS) is 1. The fourth-order valence-corrected chi connectivity index (χ4v) is 3.04. The van der Waals surface area contributed by atoms with E-state index in [-0.39, 0.29) is 5.56 Å². The normalized spacial score (nSPS) is 10.8. The lowest BCUT2D eigenvalue weighted by Gasteiger charge is -2.15. The van der Waals surface area contributed by atoms with Crippen molar-refractivity contribution in [2.45, 2.75) is 33.6 Å². The van der Waals surface area contributed by atoms with Crippen LogP contribution in [0.3, 0.4) is 0 Å². The van der Waals surface area contributed by atoms with Gasteiger partial charge in [-0.2, -0.15) is 0 Å². The maximum absolute atomic E-state index is 11.7. The molecule has 0 bridgehead atoms. The maximum Gasteiger partial charge on any atom is 0.161 e. The number of carbonyl (C=O) groups is 1. The Balaban J connectivity index is 2.07. The second-order valence-electron chi connectivity index (χ2n) is 6.66. The van der Waals surface area contributed by atoms with Crippen LogP contribution in [0.2, 0.25) is 0 Å². The average Bonchev–Trinajstić information content (AvgIpc) is 2.68. The molecule has 2 aromatic carbocycles. The van der Waals surface area contributed by atoms with Gasteiger partial charge in [-0.15, -0.1) is 0 Å². The maximum atomic E-state index is 11.7. The first-order valence-corrected chi connectivity index (χ1v) is 9.56. The number of aromatic carboxylic acids is 1. The van der Waals surface area contributed by atoms with Gasteiger partial charge in [-0.05, 0) is 56.7 Å². The number of aryl methyl sites for hydroxylation is 1. The van der Waals surface area contributed by atoms with Gasteiger partial charge >= 0.3 is 0 Å². The highest BCUT2D eigenvalue weighted by Crippen LogP contribution is 2.34. The van der Waals surface area contributed by atoms with E-state index in [4.69, 9.17) is 9.47 Å². The van der Waals surface area contributed by atoms with Gasteiger partial charge in [-0.1, -0.05) is 25.0 Å². The summed E-state index contributed by atoms with van der Waals surface area (Å²) < 4.78 is 11.5. The monoisotopic (exact) mass is 378 g/mol. The molecule has 1 heterocycles. The zero-order valence-corrected chi connectivity index (χ0v) is 16.5. The van der Waals surface area contributed by atoms with Crippen molar-refractivity contribution in [2.75, 3.05) is 13.2 Å². The Morgan fingerprint density at radius 3 is 2.57 bits per heavy atom. The molecule has 0 amide bonds. The van der Waals surface area contributed by atoms with Crippen molar-refractivity contribution in [1.82, 2.24) is 4.98 Å². The van der Waals surface area contributed by atoms with Crippen LogP contribution in [0, 0.1) is 6.92 Å². The summed E-state index contributed by atoms with van der Waals surface area (Å²) in [6.07, 6.45) is 2.02. The molecule has 0 N–H and O–H groups in total. The standard InChI is InChI=1S/C23H25NO4/c1-4-6-11-28-21-10-8-16(13-22(21)27-5-2)20-14-18(23(25)26)17-12-15(3)7-9-19(17)24-20/h7-10,12-14H,4-6,11H2,1-3H3,(H,25,26)/p-1. The molecule has 3 rings (SSSR count). The molecule has 5 nitrogen and oxygen atoms in total. The molecule has 3 aromatic rings. The van der Waals surface area contributed by atoms with E-state index in [1.807, 2.05) is 50.2 Å². The summed E-state index contributed by atoms with van der Waals surface area (Å²) in [5, 5.41) is 12.3. The van der Waals surface area contributed by atoms with E-state index in [0.717, 1.165) is 24.0 Å². The molecule has 0 spiro atoms. The van der Waals surface area contributed by atoms with Crippen molar-refractivity contribution in [3.8, 4) is 22.8 Å². The van der Waals surface area contributed by atoms with E-state index in [1.54, 1.807) is 6.07 Å². The van der Waals surface area contributed by atoms with Crippen molar-refractivity contribution in [2.24, 2.45) is 0 Å². The number of carbonyl (C=O) groups excluding carboxylic acids is 1. The van der Waals surface area contributed by atoms with E-state index in [0.29, 0.717) is 41.3 Å². The Labute approximate surface area is 164 Å². The Bertz CT molecular complexity index is 997. The zero-order chi connectivity index (χ0) is 20.1. The summed E-state index contributed by atoms with van der Waals surface area (Å²) in [7, 11) is 0. The van der Waals surface area contributed by atoms with E-state index in [9.17, 15) is 9.90 Å². The lowest BCUT2D eigenvalue weighted by molar-refractivity contribution is -0.254. The molecule has 146 valence electrons. The van der Waals surface area contributed by atoms with Gasteiger partial charge in [0.25, 0.3) is 0 Å². The molecule has 1 aromatic heterocycles. The number of hydrogen-bond donors (Lipinski definition) is 0. The molecule has 0 aliphatic heterocycles. The van der Waals surface area contributed by atoms with Crippen LogP contribution in [0.5, 0.6) is 11.5 Å². The van der Waals surface area contributed by atoms with Crippen LogP contribution < -0.4 is 14.6 Å². The van der Waals surface area contributed by atoms with Gasteiger partial charge < -0.3 is 19.4 Å². The van der Waals surface area contributed by atoms with Crippen LogP contribution in [-0.4, -0.2) is 24.2 Å². The summed E-state index contributed by atoms with van der Waals surface area (Å²) in [4.78, 5) is 16.3. The summed E-state index contributed by atoms with van der Waals surface area (Å²) in [6, 6.07) is 12.7. The van der Waals surface area contributed by atoms with E-state index in [1.165, 1.54) is 0 Å². The predicted octanol–water partition coefficient (Wildman–Crippen LogP) is 4.15. The third kappa shape index (κ3) is 4.25. The van der Waals surface area contributed by atoms with Crippen LogP contribution in [0.25, 0.3) is 22.2 Å². The van der Waals surface area contributed by atoms with Crippen molar-refractivity contribution in [3.05, 3.63) is 53.6 Å². The van der Waals surface area contributed by atoms with Crippen LogP contribution >= 0.6 is 0 Å². The Morgan fingerprint density at radius 1 is 1.04 bits per heavy atom. The van der Waals surface area contributed by atoms with E-state index < -0.39 is 5.97 Å². The molecule has 0 saturated carbocycles. The minimum atomic E-state index is -1.22. The van der Waals surface area contributed by atoms with Crippen molar-refractivity contribution in [1.29, 1.82) is 0 Å². The van der Waals surface area contributed by atoms with Gasteiger partial charge in [0, 0.05) is 16.5 Å². The highest BCUT2D eigenvalue weighted by molar-refractivity contribution is 6.03. The minimum Gasteiger partial charge on any atom is -0.545 e. The van der Waals surface area contributed by atoms with Gasteiger partial charge in [-0.3, -0.25) is 0 Å². The van der Waals surface area contributed by atoms with Crippen LogP contribution in [-0.2, 0) is 0 Å². The minimum absolute atomic E-state index is 0.130. The zero-order valence-electron chi connectivity index (χ0n) is 16.5. The second kappa shape index (κ2) is 8.74. The molecule has 0 atom stereocenters. The molecule has 0 saturated heterocycles. The van der Waals surface area contributed by atoms with E-state index >= 15 is 0 Å². The summed E-state index contributed by atoms with van der Waals surface area (Å²) in [5.74, 6) is 0.0799. The van der Waals surface area contributed by atoms with Gasteiger partial charge in [0.05, 0.1) is 30.4 Å². The number of benzene rings is 2. The topological polar surface area (TPSA) is 71.5 Å². The average molecular weight is 378 g/mol. The number of ether oxygens (including phenoxy) is 2. The predicted molar refractivity (Wildman–Crippen MR) is 108 cm³/mol. The number of carboxylic acids is 1. The smallest absolute Gasteiger partial charge is 0.161 e. The molecule has 5 heteroatoms. The molecular formula is C23H24NO4-. The first kappa shape index (κ1) is 19.7. The number of rotatable bonds is 8. The molecule has 28 heavy (non-hydrogen) atoms. The molecule has 0 aliphatic rings. The molecule has 0 radical (unpaired) electrons. The number of unbranched alkanes of at least 4 members (excludes halogenated alkanes) is 1. The Hall–Kier alpha value is -3.08. The number of nitrogens with zero attached hydrogens (tertiary/aromatic N) is 1. The van der Waals surface area contributed by atoms with Crippen molar-refractivity contribution < 1.29 is 19.4 Å². The highest BCUT2D eigenvalue weighted by Gasteiger charge is 2.12. The van der Waals surface area contributed by atoms with Gasteiger partial charge in [-0.25, -0.2) is 4.98 Å². The molecular weight excluding hydrogens is 354 g/mol. The number of hydrogen-bond acceptors (Lipinski definition) is 5. The largest absolute Gasteiger partial charge is 0.545 e. The van der Waals surface area contributed by atoms with Gasteiger partial charge in [0.15, 0.2) is 11.5 Å². The first-order chi connectivity index (χ1) is 13.5. The molecule has 0 unspecified atom stereocenters. The lowest BCUT2D eigenvalue weighted by atomic mass is 10.0. The third-order valence-corrected chi connectivity index (χ3v) is 4.48. The molecule has 0 aliphatic carbocycles. The fraction of sp³-hybridized carbons (Fsp3) is 0.304. The number of fused-ring (bicyclic) bond motifs is 1.